The topological polar surface area (TPSA) is 79.3 Å². The highest BCUT2D eigenvalue weighted by Crippen LogP contribution is 2.32. The minimum atomic E-state index is -1.12. The molecule has 1 heterocycles. The van der Waals surface area contributed by atoms with Crippen molar-refractivity contribution in [1.29, 1.82) is 0 Å². The van der Waals surface area contributed by atoms with Crippen LogP contribution in [0.2, 0.25) is 5.15 Å². The molecule has 1 aromatic heterocycles. The number of aryl methyl sites for hydroxylation is 1. The van der Waals surface area contributed by atoms with Crippen LogP contribution in [0.3, 0.4) is 0 Å². The zero-order valence-electron chi connectivity index (χ0n) is 12.0. The van der Waals surface area contributed by atoms with E-state index in [4.69, 9.17) is 11.6 Å². The smallest absolute Gasteiger partial charge is 0.310 e. The fourth-order valence-electron chi connectivity index (χ4n) is 1.72. The lowest BCUT2D eigenvalue weighted by Crippen LogP contribution is -2.37. The summed E-state index contributed by atoms with van der Waals surface area (Å²) in [6, 6.07) is 1.72. The molecule has 110 valence electrons. The van der Waals surface area contributed by atoms with E-state index in [0.717, 1.165) is 5.56 Å². The summed E-state index contributed by atoms with van der Waals surface area (Å²) < 4.78 is 0. The monoisotopic (exact) mass is 298 g/mol. The van der Waals surface area contributed by atoms with E-state index in [1.165, 1.54) is 0 Å². The molecule has 0 aliphatic rings. The van der Waals surface area contributed by atoms with E-state index in [1.54, 1.807) is 40.0 Å². The quantitative estimate of drug-likeness (QED) is 0.819. The van der Waals surface area contributed by atoms with Gasteiger partial charge in [0, 0.05) is 12.6 Å². The summed E-state index contributed by atoms with van der Waals surface area (Å²) in [5, 5.41) is 12.2. The highest BCUT2D eigenvalue weighted by Gasteiger charge is 2.38. The summed E-state index contributed by atoms with van der Waals surface area (Å²) in [7, 11) is 0. The summed E-state index contributed by atoms with van der Waals surface area (Å²) in [6.45, 7) is 6.92. The molecule has 1 aromatic rings. The SMILES string of the molecule is Cc1ccnc(Cl)c1NC(=O)CC(C)(C(=O)O)C(C)C. The predicted molar refractivity (Wildman–Crippen MR) is 77.8 cm³/mol. The lowest BCUT2D eigenvalue weighted by Gasteiger charge is -2.28. The van der Waals surface area contributed by atoms with Gasteiger partial charge >= 0.3 is 5.97 Å². The summed E-state index contributed by atoms with van der Waals surface area (Å²) in [5.41, 5.74) is 0.0859. The number of nitrogens with zero attached hydrogens (tertiary/aromatic N) is 1. The van der Waals surface area contributed by atoms with E-state index < -0.39 is 11.4 Å². The molecule has 0 fully saturated rings. The zero-order chi connectivity index (χ0) is 15.5. The molecule has 2 N–H and O–H groups in total. The summed E-state index contributed by atoms with van der Waals surface area (Å²) in [5.74, 6) is -1.55. The molecule has 20 heavy (non-hydrogen) atoms. The van der Waals surface area contributed by atoms with Crippen molar-refractivity contribution in [2.45, 2.75) is 34.1 Å². The number of carbonyl (C=O) groups excluding carboxylic acids is 1. The van der Waals surface area contributed by atoms with Crippen LogP contribution in [0.15, 0.2) is 12.3 Å². The van der Waals surface area contributed by atoms with Gasteiger partial charge in [-0.15, -0.1) is 0 Å². The fourth-order valence-corrected chi connectivity index (χ4v) is 1.97. The number of aromatic nitrogens is 1. The lowest BCUT2D eigenvalue weighted by molar-refractivity contribution is -0.153. The standard InChI is InChI=1S/C14H19ClN2O3/c1-8(2)14(4,13(19)20)7-10(18)17-11-9(3)5-6-16-12(11)15/h5-6,8H,7H2,1-4H3,(H,17,18)(H,19,20). The molecule has 6 heteroatoms. The van der Waals surface area contributed by atoms with Crippen LogP contribution < -0.4 is 5.32 Å². The highest BCUT2D eigenvalue weighted by molar-refractivity contribution is 6.32. The summed E-state index contributed by atoms with van der Waals surface area (Å²) >= 11 is 5.93. The molecule has 1 atom stereocenters. The van der Waals surface area contributed by atoms with E-state index in [2.05, 4.69) is 10.3 Å². The maximum atomic E-state index is 12.1. The van der Waals surface area contributed by atoms with E-state index in [0.29, 0.717) is 5.69 Å². The third-order valence-electron chi connectivity index (χ3n) is 3.67. The number of nitrogens with one attached hydrogen (secondary N) is 1. The molecule has 1 rings (SSSR count). The van der Waals surface area contributed by atoms with Crippen molar-refractivity contribution < 1.29 is 14.7 Å². The minimum Gasteiger partial charge on any atom is -0.481 e. The van der Waals surface area contributed by atoms with Crippen molar-refractivity contribution >= 4 is 29.2 Å². The van der Waals surface area contributed by atoms with Gasteiger partial charge in [-0.2, -0.15) is 0 Å². The Morgan fingerprint density at radius 2 is 2.10 bits per heavy atom. The van der Waals surface area contributed by atoms with Crippen molar-refractivity contribution in [3.63, 3.8) is 0 Å². The number of carboxylic acid groups (broad SMARTS) is 1. The van der Waals surface area contributed by atoms with Gasteiger partial charge in [-0.25, -0.2) is 4.98 Å². The second-order valence-electron chi connectivity index (χ2n) is 5.40. The minimum absolute atomic E-state index is 0.120. The van der Waals surface area contributed by atoms with Crippen molar-refractivity contribution in [2.75, 3.05) is 5.32 Å². The maximum absolute atomic E-state index is 12.1. The lowest BCUT2D eigenvalue weighted by atomic mass is 9.76. The molecule has 0 radical (unpaired) electrons. The van der Waals surface area contributed by atoms with E-state index >= 15 is 0 Å². The van der Waals surface area contributed by atoms with Crippen LogP contribution in [0.5, 0.6) is 0 Å². The first-order chi connectivity index (χ1) is 9.18. The number of anilines is 1. The largest absolute Gasteiger partial charge is 0.481 e. The number of hydrogen-bond acceptors (Lipinski definition) is 3. The van der Waals surface area contributed by atoms with Gasteiger partial charge in [0.2, 0.25) is 5.91 Å². The maximum Gasteiger partial charge on any atom is 0.310 e. The van der Waals surface area contributed by atoms with Crippen LogP contribution in [0.4, 0.5) is 5.69 Å². The van der Waals surface area contributed by atoms with Crippen LogP contribution in [0.25, 0.3) is 0 Å². The van der Waals surface area contributed by atoms with Crippen LogP contribution in [-0.4, -0.2) is 22.0 Å². The number of pyridine rings is 1. The van der Waals surface area contributed by atoms with E-state index in [1.807, 2.05) is 0 Å². The van der Waals surface area contributed by atoms with Crippen LogP contribution in [-0.2, 0) is 9.59 Å². The van der Waals surface area contributed by atoms with Gasteiger partial charge < -0.3 is 10.4 Å². The van der Waals surface area contributed by atoms with Gasteiger partial charge in [-0.3, -0.25) is 9.59 Å². The second kappa shape index (κ2) is 6.22. The van der Waals surface area contributed by atoms with Crippen molar-refractivity contribution in [3.8, 4) is 0 Å². The van der Waals surface area contributed by atoms with Crippen LogP contribution in [0, 0.1) is 18.3 Å². The fraction of sp³-hybridized carbons (Fsp3) is 0.500. The molecule has 1 amide bonds. The number of carbonyl (C=O) groups is 2. The first kappa shape index (κ1) is 16.4. The Morgan fingerprint density at radius 3 is 2.55 bits per heavy atom. The molecule has 0 aliphatic carbocycles. The van der Waals surface area contributed by atoms with Gasteiger partial charge in [0.25, 0.3) is 0 Å². The summed E-state index contributed by atoms with van der Waals surface area (Å²) in [4.78, 5) is 27.3. The summed E-state index contributed by atoms with van der Waals surface area (Å²) in [6.07, 6.45) is 1.42. The van der Waals surface area contributed by atoms with Crippen molar-refractivity contribution in [1.82, 2.24) is 4.98 Å². The Hall–Kier alpha value is -1.62. The molecule has 0 saturated heterocycles. The third kappa shape index (κ3) is 3.48. The molecule has 0 saturated carbocycles. The van der Waals surface area contributed by atoms with Crippen molar-refractivity contribution in [2.24, 2.45) is 11.3 Å². The van der Waals surface area contributed by atoms with Crippen LogP contribution >= 0.6 is 11.6 Å². The van der Waals surface area contributed by atoms with Gasteiger partial charge in [-0.1, -0.05) is 25.4 Å². The Balaban J connectivity index is 2.90. The molecule has 0 bridgehead atoms. The number of rotatable bonds is 5. The van der Waals surface area contributed by atoms with Crippen LogP contribution in [0.1, 0.15) is 32.8 Å². The molecule has 0 aromatic carbocycles. The third-order valence-corrected chi connectivity index (χ3v) is 3.95. The molecular formula is C14H19ClN2O3. The number of carboxylic acids is 1. The number of aliphatic carboxylic acids is 1. The van der Waals surface area contributed by atoms with E-state index in [9.17, 15) is 14.7 Å². The Morgan fingerprint density at radius 1 is 1.50 bits per heavy atom. The van der Waals surface area contributed by atoms with Gasteiger partial charge in [0.05, 0.1) is 11.1 Å². The van der Waals surface area contributed by atoms with Crippen molar-refractivity contribution in [3.05, 3.63) is 23.0 Å². The molecule has 0 spiro atoms. The Bertz CT molecular complexity index is 511. The molecule has 5 nitrogen and oxygen atoms in total. The number of halogens is 1. The average Bonchev–Trinajstić information content (AvgIpc) is 2.33. The van der Waals surface area contributed by atoms with Gasteiger partial charge in [0.1, 0.15) is 0 Å². The van der Waals surface area contributed by atoms with E-state index in [-0.39, 0.29) is 23.4 Å². The van der Waals surface area contributed by atoms with Gasteiger partial charge in [0.15, 0.2) is 5.15 Å². The first-order valence-corrected chi connectivity index (χ1v) is 6.70. The highest BCUT2D eigenvalue weighted by atomic mass is 35.5. The second-order valence-corrected chi connectivity index (χ2v) is 5.75. The Kier molecular flexibility index (Phi) is 5.11. The zero-order valence-corrected chi connectivity index (χ0v) is 12.8. The molecule has 1 unspecified atom stereocenters. The number of hydrogen-bond donors (Lipinski definition) is 2. The van der Waals surface area contributed by atoms with Gasteiger partial charge in [-0.05, 0) is 31.4 Å². The molecule has 0 aliphatic heterocycles. The first-order valence-electron chi connectivity index (χ1n) is 6.33. The predicted octanol–water partition coefficient (Wildman–Crippen LogP) is 3.12. The Labute approximate surface area is 123 Å². The number of amides is 1. The average molecular weight is 299 g/mol. The molecular weight excluding hydrogens is 280 g/mol. The normalized spacial score (nSPS) is 13.9.